The van der Waals surface area contributed by atoms with E-state index in [1.165, 1.54) is 64.7 Å². The average Bonchev–Trinajstić information content (AvgIpc) is 3.08. The molecule has 2 saturated heterocycles. The Morgan fingerprint density at radius 1 is 1.04 bits per heavy atom. The van der Waals surface area contributed by atoms with E-state index in [1.54, 1.807) is 0 Å². The van der Waals surface area contributed by atoms with Crippen LogP contribution in [0, 0.1) is 5.92 Å². The zero-order valence-corrected chi connectivity index (χ0v) is 19.6. The van der Waals surface area contributed by atoms with E-state index in [-0.39, 0.29) is 24.0 Å². The summed E-state index contributed by atoms with van der Waals surface area (Å²) >= 11 is 0. The number of hydrogen-bond acceptors (Lipinski definition) is 3. The number of likely N-dealkylation sites (N-methyl/N-ethyl adjacent to an activating group) is 1. The number of aliphatic imine (C=N–C) groups is 1. The van der Waals surface area contributed by atoms with E-state index in [1.807, 2.05) is 0 Å². The third kappa shape index (κ3) is 8.74. The SMILES string of the molecule is CCNC(=NCC1CCCN1CC)NCCCCN1CCC(C)CC1.I. The zero-order valence-electron chi connectivity index (χ0n) is 17.3. The minimum Gasteiger partial charge on any atom is -0.357 e. The van der Waals surface area contributed by atoms with E-state index in [0.29, 0.717) is 6.04 Å². The molecule has 0 aromatic carbocycles. The zero-order chi connectivity index (χ0) is 17.9. The molecule has 6 heteroatoms. The van der Waals surface area contributed by atoms with Crippen LogP contribution in [0.25, 0.3) is 0 Å². The van der Waals surface area contributed by atoms with Crippen LogP contribution in [0.5, 0.6) is 0 Å². The van der Waals surface area contributed by atoms with Crippen molar-refractivity contribution in [3.63, 3.8) is 0 Å². The van der Waals surface area contributed by atoms with Gasteiger partial charge in [-0.15, -0.1) is 24.0 Å². The van der Waals surface area contributed by atoms with Crippen LogP contribution in [0.3, 0.4) is 0 Å². The highest BCUT2D eigenvalue weighted by molar-refractivity contribution is 14.0. The summed E-state index contributed by atoms with van der Waals surface area (Å²) in [4.78, 5) is 10.0. The van der Waals surface area contributed by atoms with Crippen molar-refractivity contribution in [2.75, 3.05) is 52.4 Å². The van der Waals surface area contributed by atoms with E-state index in [4.69, 9.17) is 4.99 Å². The summed E-state index contributed by atoms with van der Waals surface area (Å²) in [6.45, 7) is 15.9. The van der Waals surface area contributed by atoms with Gasteiger partial charge in [0.05, 0.1) is 6.54 Å². The Morgan fingerprint density at radius 3 is 2.50 bits per heavy atom. The fourth-order valence-corrected chi connectivity index (χ4v) is 4.01. The molecule has 2 N–H and O–H groups in total. The van der Waals surface area contributed by atoms with Crippen LogP contribution >= 0.6 is 24.0 Å². The van der Waals surface area contributed by atoms with Crippen molar-refractivity contribution in [2.45, 2.75) is 65.3 Å². The first-order valence-electron chi connectivity index (χ1n) is 10.7. The smallest absolute Gasteiger partial charge is 0.191 e. The summed E-state index contributed by atoms with van der Waals surface area (Å²) in [6, 6.07) is 0.641. The van der Waals surface area contributed by atoms with Gasteiger partial charge in [-0.1, -0.05) is 13.8 Å². The molecular weight excluding hydrogens is 437 g/mol. The van der Waals surface area contributed by atoms with E-state index in [9.17, 15) is 0 Å². The van der Waals surface area contributed by atoms with Crippen molar-refractivity contribution in [3.8, 4) is 0 Å². The van der Waals surface area contributed by atoms with Gasteiger partial charge in [0.1, 0.15) is 0 Å². The predicted molar refractivity (Wildman–Crippen MR) is 124 cm³/mol. The van der Waals surface area contributed by atoms with Crippen LogP contribution < -0.4 is 10.6 Å². The van der Waals surface area contributed by atoms with Gasteiger partial charge < -0.3 is 15.5 Å². The van der Waals surface area contributed by atoms with E-state index in [0.717, 1.165) is 38.1 Å². The average molecular weight is 479 g/mol. The lowest BCUT2D eigenvalue weighted by Crippen LogP contribution is -2.40. The van der Waals surface area contributed by atoms with E-state index < -0.39 is 0 Å². The predicted octanol–water partition coefficient (Wildman–Crippen LogP) is 3.16. The highest BCUT2D eigenvalue weighted by Gasteiger charge is 2.22. The lowest BCUT2D eigenvalue weighted by atomic mass is 9.99. The Labute approximate surface area is 178 Å². The van der Waals surface area contributed by atoms with E-state index >= 15 is 0 Å². The second-order valence-corrected chi connectivity index (χ2v) is 7.80. The van der Waals surface area contributed by atoms with Gasteiger partial charge in [-0.05, 0) is 84.1 Å². The Hall–Kier alpha value is -0.0800. The fourth-order valence-electron chi connectivity index (χ4n) is 4.01. The molecule has 0 spiro atoms. The van der Waals surface area contributed by atoms with Crippen molar-refractivity contribution in [3.05, 3.63) is 0 Å². The van der Waals surface area contributed by atoms with Crippen molar-refractivity contribution in [1.29, 1.82) is 0 Å². The molecule has 0 aliphatic carbocycles. The molecule has 1 atom stereocenters. The summed E-state index contributed by atoms with van der Waals surface area (Å²) in [5.41, 5.74) is 0. The molecule has 154 valence electrons. The summed E-state index contributed by atoms with van der Waals surface area (Å²) in [5.74, 6) is 1.93. The van der Waals surface area contributed by atoms with Crippen molar-refractivity contribution >= 4 is 29.9 Å². The molecule has 1 unspecified atom stereocenters. The van der Waals surface area contributed by atoms with Crippen LogP contribution in [-0.4, -0.2) is 74.2 Å². The van der Waals surface area contributed by atoms with Gasteiger partial charge >= 0.3 is 0 Å². The number of likely N-dealkylation sites (tertiary alicyclic amines) is 2. The number of piperidine rings is 1. The summed E-state index contributed by atoms with van der Waals surface area (Å²) in [5, 5.41) is 6.92. The molecule has 0 aromatic heterocycles. The maximum absolute atomic E-state index is 4.83. The Balaban J connectivity index is 0.00000338. The van der Waals surface area contributed by atoms with Crippen LogP contribution in [-0.2, 0) is 0 Å². The first-order chi connectivity index (χ1) is 12.2. The Kier molecular flexibility index (Phi) is 12.9. The quantitative estimate of drug-likeness (QED) is 0.231. The number of nitrogens with one attached hydrogen (secondary N) is 2. The molecule has 26 heavy (non-hydrogen) atoms. The minimum atomic E-state index is 0. The monoisotopic (exact) mass is 479 g/mol. The fraction of sp³-hybridized carbons (Fsp3) is 0.950. The second kappa shape index (κ2) is 14.0. The van der Waals surface area contributed by atoms with Gasteiger partial charge in [-0.3, -0.25) is 9.89 Å². The summed E-state index contributed by atoms with van der Waals surface area (Å²) in [6.07, 6.45) is 7.89. The summed E-state index contributed by atoms with van der Waals surface area (Å²) in [7, 11) is 0. The maximum Gasteiger partial charge on any atom is 0.191 e. The number of halogens is 1. The first-order valence-corrected chi connectivity index (χ1v) is 10.7. The molecule has 0 amide bonds. The number of hydrogen-bond donors (Lipinski definition) is 2. The van der Waals surface area contributed by atoms with Gasteiger partial charge in [0.15, 0.2) is 5.96 Å². The van der Waals surface area contributed by atoms with Crippen LogP contribution in [0.2, 0.25) is 0 Å². The standard InChI is InChI=1S/C20H41N5.HI/c1-4-21-20(23-17-19-9-8-14-25(19)5-2)22-12-6-7-13-24-15-10-18(3)11-16-24;/h18-19H,4-17H2,1-3H3,(H2,21,22,23);1H. The molecule has 2 fully saturated rings. The van der Waals surface area contributed by atoms with E-state index in [2.05, 4.69) is 41.2 Å². The van der Waals surface area contributed by atoms with Gasteiger partial charge in [-0.2, -0.15) is 0 Å². The van der Waals surface area contributed by atoms with Crippen molar-refractivity contribution in [1.82, 2.24) is 20.4 Å². The van der Waals surface area contributed by atoms with Crippen LogP contribution in [0.1, 0.15) is 59.3 Å². The summed E-state index contributed by atoms with van der Waals surface area (Å²) < 4.78 is 0. The van der Waals surface area contributed by atoms with Gasteiger partial charge in [0, 0.05) is 19.1 Å². The lowest BCUT2D eigenvalue weighted by Gasteiger charge is -2.30. The first kappa shape index (κ1) is 24.0. The van der Waals surface area contributed by atoms with Gasteiger partial charge in [0.25, 0.3) is 0 Å². The van der Waals surface area contributed by atoms with Crippen molar-refractivity contribution < 1.29 is 0 Å². The molecule has 0 aromatic rings. The Bertz CT molecular complexity index is 382. The minimum absolute atomic E-state index is 0. The number of nitrogens with zero attached hydrogens (tertiary/aromatic N) is 3. The maximum atomic E-state index is 4.83. The van der Waals surface area contributed by atoms with Gasteiger partial charge in [-0.25, -0.2) is 0 Å². The third-order valence-corrected chi connectivity index (χ3v) is 5.78. The molecule has 2 aliphatic rings. The number of rotatable bonds is 9. The molecule has 2 aliphatic heterocycles. The molecule has 0 saturated carbocycles. The topological polar surface area (TPSA) is 42.9 Å². The third-order valence-electron chi connectivity index (χ3n) is 5.78. The lowest BCUT2D eigenvalue weighted by molar-refractivity contribution is 0.189. The van der Waals surface area contributed by atoms with Gasteiger partial charge in [0.2, 0.25) is 0 Å². The normalized spacial score (nSPS) is 23.0. The van der Waals surface area contributed by atoms with Crippen LogP contribution in [0.15, 0.2) is 4.99 Å². The largest absolute Gasteiger partial charge is 0.357 e. The Morgan fingerprint density at radius 2 is 1.81 bits per heavy atom. The highest BCUT2D eigenvalue weighted by Crippen LogP contribution is 2.17. The molecule has 5 nitrogen and oxygen atoms in total. The second-order valence-electron chi connectivity index (χ2n) is 7.80. The molecular formula is C20H42IN5. The number of unbranched alkanes of at least 4 members (excludes halogenated alkanes) is 1. The van der Waals surface area contributed by atoms with Crippen molar-refractivity contribution in [2.24, 2.45) is 10.9 Å². The highest BCUT2D eigenvalue weighted by atomic mass is 127. The number of guanidine groups is 1. The molecule has 0 bridgehead atoms. The molecule has 2 rings (SSSR count). The molecule has 0 radical (unpaired) electrons. The van der Waals surface area contributed by atoms with Crippen LogP contribution in [0.4, 0.5) is 0 Å². The molecule has 2 heterocycles.